The van der Waals surface area contributed by atoms with Crippen molar-refractivity contribution in [1.82, 2.24) is 14.3 Å². The van der Waals surface area contributed by atoms with Crippen LogP contribution >= 0.6 is 0 Å². The van der Waals surface area contributed by atoms with Crippen LogP contribution < -0.4 is 4.74 Å². The number of nitrogens with zero attached hydrogens (tertiary/aromatic N) is 3. The van der Waals surface area contributed by atoms with Gasteiger partial charge in [-0.3, -0.25) is 4.79 Å². The number of piperidine rings is 1. The molecule has 0 radical (unpaired) electrons. The van der Waals surface area contributed by atoms with E-state index in [1.807, 2.05) is 40.6 Å². The normalized spacial score (nSPS) is 15.3. The number of pyridine rings is 1. The molecule has 5 heteroatoms. The van der Waals surface area contributed by atoms with Gasteiger partial charge >= 0.3 is 0 Å². The molecule has 1 saturated heterocycles. The molecule has 26 heavy (non-hydrogen) atoms. The van der Waals surface area contributed by atoms with Crippen LogP contribution in [0.3, 0.4) is 0 Å². The van der Waals surface area contributed by atoms with E-state index in [1.165, 1.54) is 0 Å². The molecule has 1 aliphatic rings. The van der Waals surface area contributed by atoms with E-state index in [1.54, 1.807) is 6.20 Å². The van der Waals surface area contributed by atoms with Gasteiger partial charge in [-0.15, -0.1) is 0 Å². The van der Waals surface area contributed by atoms with Crippen LogP contribution in [0.25, 0.3) is 16.8 Å². The van der Waals surface area contributed by atoms with E-state index < -0.39 is 0 Å². The predicted molar refractivity (Wildman–Crippen MR) is 101 cm³/mol. The van der Waals surface area contributed by atoms with Crippen LogP contribution in [0.15, 0.2) is 55.0 Å². The summed E-state index contributed by atoms with van der Waals surface area (Å²) in [4.78, 5) is 18.0. The Morgan fingerprint density at radius 1 is 1.12 bits per heavy atom. The molecule has 0 N–H and O–H groups in total. The highest BCUT2D eigenvalue weighted by Crippen LogP contribution is 2.25. The third-order valence-corrected chi connectivity index (χ3v) is 4.98. The van der Waals surface area contributed by atoms with E-state index in [-0.39, 0.29) is 12.0 Å². The molecule has 0 saturated carbocycles. The number of carbonyl (C=O) groups is 1. The third kappa shape index (κ3) is 3.43. The molecule has 5 nitrogen and oxygen atoms in total. The molecule has 1 aliphatic heterocycles. The number of rotatable bonds is 4. The number of fused-ring (bicyclic) bond motifs is 1. The fraction of sp³-hybridized carbons (Fsp3) is 0.333. The molecule has 0 atom stereocenters. The minimum atomic E-state index is 0.184. The fourth-order valence-electron chi connectivity index (χ4n) is 3.46. The molecule has 134 valence electrons. The molecule has 2 aromatic heterocycles. The van der Waals surface area contributed by atoms with E-state index in [2.05, 4.69) is 29.4 Å². The summed E-state index contributed by atoms with van der Waals surface area (Å²) in [5.41, 5.74) is 3.24. The maximum atomic E-state index is 11.7. The van der Waals surface area contributed by atoms with Gasteiger partial charge in [0.2, 0.25) is 5.91 Å². The fourth-order valence-corrected chi connectivity index (χ4v) is 3.46. The number of ether oxygens (including phenoxy) is 1. The van der Waals surface area contributed by atoms with Gasteiger partial charge in [-0.1, -0.05) is 19.1 Å². The first-order chi connectivity index (χ1) is 12.7. The smallest absolute Gasteiger partial charge is 0.222 e. The molecule has 1 fully saturated rings. The number of aromatic nitrogens is 2. The number of imidazole rings is 1. The Morgan fingerprint density at radius 2 is 1.85 bits per heavy atom. The topological polar surface area (TPSA) is 46.8 Å². The number of amides is 1. The molecular weight excluding hydrogens is 326 g/mol. The van der Waals surface area contributed by atoms with Crippen LogP contribution in [-0.4, -0.2) is 39.4 Å². The monoisotopic (exact) mass is 349 g/mol. The number of hydrogen-bond acceptors (Lipinski definition) is 3. The summed E-state index contributed by atoms with van der Waals surface area (Å²) in [5, 5.41) is 0. The summed E-state index contributed by atoms with van der Waals surface area (Å²) in [6.45, 7) is 3.50. The second kappa shape index (κ2) is 7.20. The average molecular weight is 349 g/mol. The van der Waals surface area contributed by atoms with E-state index in [0.717, 1.165) is 48.5 Å². The first kappa shape index (κ1) is 16.6. The second-order valence-corrected chi connectivity index (χ2v) is 6.69. The minimum absolute atomic E-state index is 0.184. The van der Waals surface area contributed by atoms with Crippen molar-refractivity contribution in [2.45, 2.75) is 32.3 Å². The molecule has 0 aliphatic carbocycles. The maximum absolute atomic E-state index is 11.7. The Bertz CT molecular complexity index is 893. The zero-order valence-electron chi connectivity index (χ0n) is 15.0. The molecular formula is C21H23N3O2. The Kier molecular flexibility index (Phi) is 4.61. The van der Waals surface area contributed by atoms with Crippen LogP contribution in [0.5, 0.6) is 5.75 Å². The number of hydrogen-bond donors (Lipinski definition) is 0. The van der Waals surface area contributed by atoms with Gasteiger partial charge < -0.3 is 14.0 Å². The third-order valence-electron chi connectivity index (χ3n) is 4.98. The Hall–Kier alpha value is -2.82. The van der Waals surface area contributed by atoms with Gasteiger partial charge in [0.1, 0.15) is 17.5 Å². The van der Waals surface area contributed by atoms with Crippen molar-refractivity contribution < 1.29 is 9.53 Å². The van der Waals surface area contributed by atoms with Gasteiger partial charge in [0, 0.05) is 50.9 Å². The van der Waals surface area contributed by atoms with E-state index >= 15 is 0 Å². The lowest BCUT2D eigenvalue weighted by Crippen LogP contribution is -2.41. The van der Waals surface area contributed by atoms with Crippen molar-refractivity contribution in [1.29, 1.82) is 0 Å². The van der Waals surface area contributed by atoms with Crippen molar-refractivity contribution in [3.8, 4) is 16.9 Å². The van der Waals surface area contributed by atoms with Crippen molar-refractivity contribution in [2.24, 2.45) is 0 Å². The molecule has 1 aromatic carbocycles. The quantitative estimate of drug-likeness (QED) is 0.720. The largest absolute Gasteiger partial charge is 0.490 e. The molecule has 0 spiro atoms. The zero-order chi connectivity index (χ0) is 17.9. The second-order valence-electron chi connectivity index (χ2n) is 6.69. The molecule has 0 bridgehead atoms. The average Bonchev–Trinajstić information content (AvgIpc) is 3.16. The van der Waals surface area contributed by atoms with Gasteiger partial charge in [-0.05, 0) is 35.4 Å². The number of benzene rings is 1. The first-order valence-corrected chi connectivity index (χ1v) is 9.20. The summed E-state index contributed by atoms with van der Waals surface area (Å²) in [7, 11) is 0. The lowest BCUT2D eigenvalue weighted by atomic mass is 10.1. The van der Waals surface area contributed by atoms with Crippen molar-refractivity contribution in [2.75, 3.05) is 13.1 Å². The Morgan fingerprint density at radius 3 is 2.58 bits per heavy atom. The molecule has 1 amide bonds. The van der Waals surface area contributed by atoms with Crippen LogP contribution in [0.4, 0.5) is 0 Å². The Labute approximate surface area is 153 Å². The molecule has 0 unspecified atom stereocenters. The van der Waals surface area contributed by atoms with Gasteiger partial charge in [0.05, 0.1) is 0 Å². The maximum Gasteiger partial charge on any atom is 0.222 e. The van der Waals surface area contributed by atoms with Crippen molar-refractivity contribution in [3.63, 3.8) is 0 Å². The van der Waals surface area contributed by atoms with Gasteiger partial charge in [0.15, 0.2) is 0 Å². The minimum Gasteiger partial charge on any atom is -0.490 e. The van der Waals surface area contributed by atoms with E-state index in [0.29, 0.717) is 6.42 Å². The highest BCUT2D eigenvalue weighted by molar-refractivity contribution is 5.75. The zero-order valence-corrected chi connectivity index (χ0v) is 15.0. The van der Waals surface area contributed by atoms with E-state index in [4.69, 9.17) is 4.74 Å². The highest BCUT2D eigenvalue weighted by Gasteiger charge is 2.22. The molecule has 3 aromatic rings. The first-order valence-electron chi connectivity index (χ1n) is 9.20. The number of carbonyl (C=O) groups excluding carboxylic acids is 1. The van der Waals surface area contributed by atoms with Crippen LogP contribution in [0.1, 0.15) is 26.2 Å². The summed E-state index contributed by atoms with van der Waals surface area (Å²) >= 11 is 0. The van der Waals surface area contributed by atoms with Crippen molar-refractivity contribution in [3.05, 3.63) is 55.0 Å². The standard InChI is InChI=1S/C21H23N3O2/c1-2-21(25)23-12-9-19(10-13-23)26-18-6-3-16(4-7-18)17-5-8-20-22-11-14-24(20)15-17/h3-8,11,14-15,19H,2,9-10,12-13H2,1H3. The summed E-state index contributed by atoms with van der Waals surface area (Å²) < 4.78 is 8.13. The predicted octanol–water partition coefficient (Wildman–Crippen LogP) is 3.78. The molecule has 4 rings (SSSR count). The summed E-state index contributed by atoms with van der Waals surface area (Å²) in [5.74, 6) is 1.13. The molecule has 3 heterocycles. The Balaban J connectivity index is 1.39. The lowest BCUT2D eigenvalue weighted by Gasteiger charge is -2.32. The van der Waals surface area contributed by atoms with Gasteiger partial charge in [-0.25, -0.2) is 4.98 Å². The summed E-state index contributed by atoms with van der Waals surface area (Å²) in [6.07, 6.45) is 8.39. The highest BCUT2D eigenvalue weighted by atomic mass is 16.5. The van der Waals surface area contributed by atoms with E-state index in [9.17, 15) is 4.79 Å². The number of likely N-dealkylation sites (tertiary alicyclic amines) is 1. The lowest BCUT2D eigenvalue weighted by molar-refractivity contribution is -0.132. The van der Waals surface area contributed by atoms with Crippen molar-refractivity contribution >= 4 is 11.6 Å². The van der Waals surface area contributed by atoms with Crippen LogP contribution in [0, 0.1) is 0 Å². The van der Waals surface area contributed by atoms with Gasteiger partial charge in [0.25, 0.3) is 0 Å². The van der Waals surface area contributed by atoms with Gasteiger partial charge in [-0.2, -0.15) is 0 Å². The van der Waals surface area contributed by atoms with Crippen LogP contribution in [0.2, 0.25) is 0 Å². The summed E-state index contributed by atoms with van der Waals surface area (Å²) in [6, 6.07) is 12.3. The SMILES string of the molecule is CCC(=O)N1CCC(Oc2ccc(-c3ccc4nccn4c3)cc2)CC1. The van der Waals surface area contributed by atoms with Crippen LogP contribution in [-0.2, 0) is 4.79 Å².